The Morgan fingerprint density at radius 3 is 2.83 bits per heavy atom. The maximum Gasteiger partial charge on any atom is 0.227 e. The highest BCUT2D eigenvalue weighted by Crippen LogP contribution is 2.34. The quantitative estimate of drug-likeness (QED) is 0.307. The Morgan fingerprint density at radius 1 is 1.20 bits per heavy atom. The molecule has 7 heteroatoms. The van der Waals surface area contributed by atoms with Gasteiger partial charge in [0.15, 0.2) is 17.1 Å². The molecule has 0 aliphatic heterocycles. The van der Waals surface area contributed by atoms with E-state index in [0.717, 1.165) is 21.3 Å². The lowest BCUT2D eigenvalue weighted by Gasteiger charge is -2.09. The van der Waals surface area contributed by atoms with Crippen LogP contribution in [0.1, 0.15) is 18.1 Å². The zero-order valence-electron chi connectivity index (χ0n) is 16.3. The van der Waals surface area contributed by atoms with Crippen molar-refractivity contribution in [2.24, 2.45) is 4.99 Å². The van der Waals surface area contributed by atoms with E-state index < -0.39 is 0 Å². The molecule has 0 amide bonds. The number of phenols is 1. The van der Waals surface area contributed by atoms with Crippen molar-refractivity contribution in [3.63, 3.8) is 0 Å². The van der Waals surface area contributed by atoms with Gasteiger partial charge in [-0.3, -0.25) is 4.99 Å². The van der Waals surface area contributed by atoms with E-state index in [9.17, 15) is 5.11 Å². The van der Waals surface area contributed by atoms with E-state index in [1.54, 1.807) is 36.5 Å². The van der Waals surface area contributed by atoms with Crippen LogP contribution in [-0.4, -0.2) is 22.9 Å². The standard InChI is InChI=1S/C23H18BrClN2O3/c1-3-29-21-10-16(24)8-15(22(21)28)12-26-18-9-14(5-4-13(18)2)23-27-19-11-17(25)6-7-20(19)30-23/h4-12,28H,3H2,1-2H3. The number of oxazole rings is 1. The molecular formula is C23H18BrClN2O3. The summed E-state index contributed by atoms with van der Waals surface area (Å²) in [6.07, 6.45) is 1.61. The Morgan fingerprint density at radius 2 is 2.03 bits per heavy atom. The van der Waals surface area contributed by atoms with Gasteiger partial charge in [0.1, 0.15) is 5.52 Å². The van der Waals surface area contributed by atoms with E-state index in [0.29, 0.717) is 39.9 Å². The van der Waals surface area contributed by atoms with E-state index in [4.69, 9.17) is 20.8 Å². The molecule has 1 N–H and O–H groups in total. The summed E-state index contributed by atoms with van der Waals surface area (Å²) in [5, 5.41) is 11.1. The lowest BCUT2D eigenvalue weighted by Crippen LogP contribution is -1.94. The Balaban J connectivity index is 1.70. The molecule has 0 aliphatic rings. The van der Waals surface area contributed by atoms with E-state index in [-0.39, 0.29) is 5.75 Å². The third-order valence-electron chi connectivity index (χ3n) is 4.52. The lowest BCUT2D eigenvalue weighted by atomic mass is 10.1. The third kappa shape index (κ3) is 4.20. The van der Waals surface area contributed by atoms with Crippen LogP contribution in [0, 0.1) is 6.92 Å². The molecule has 0 spiro atoms. The molecular weight excluding hydrogens is 468 g/mol. The van der Waals surface area contributed by atoms with Gasteiger partial charge >= 0.3 is 0 Å². The number of rotatable bonds is 5. The first-order valence-electron chi connectivity index (χ1n) is 9.31. The molecule has 0 saturated heterocycles. The van der Waals surface area contributed by atoms with E-state index >= 15 is 0 Å². The molecule has 0 saturated carbocycles. The fourth-order valence-electron chi connectivity index (χ4n) is 3.00. The molecule has 0 unspecified atom stereocenters. The summed E-state index contributed by atoms with van der Waals surface area (Å²) in [5.74, 6) is 0.949. The number of nitrogens with zero attached hydrogens (tertiary/aromatic N) is 2. The number of aryl methyl sites for hydroxylation is 1. The summed E-state index contributed by atoms with van der Waals surface area (Å²) in [6.45, 7) is 4.29. The van der Waals surface area contributed by atoms with Crippen molar-refractivity contribution in [2.45, 2.75) is 13.8 Å². The van der Waals surface area contributed by atoms with Gasteiger partial charge in [-0.15, -0.1) is 0 Å². The van der Waals surface area contributed by atoms with Crippen LogP contribution >= 0.6 is 27.5 Å². The predicted molar refractivity (Wildman–Crippen MR) is 123 cm³/mol. The Labute approximate surface area is 187 Å². The monoisotopic (exact) mass is 484 g/mol. The number of aliphatic imine (C=N–C) groups is 1. The fraction of sp³-hybridized carbons (Fsp3) is 0.130. The van der Waals surface area contributed by atoms with Crippen LogP contribution in [0.3, 0.4) is 0 Å². The second-order valence-electron chi connectivity index (χ2n) is 6.67. The molecule has 0 aliphatic carbocycles. The minimum Gasteiger partial charge on any atom is -0.504 e. The van der Waals surface area contributed by atoms with Crippen molar-refractivity contribution in [3.8, 4) is 23.0 Å². The number of hydrogen-bond donors (Lipinski definition) is 1. The molecule has 152 valence electrons. The number of aromatic hydroxyl groups is 1. The third-order valence-corrected chi connectivity index (χ3v) is 5.21. The first-order valence-corrected chi connectivity index (χ1v) is 10.5. The molecule has 1 aromatic heterocycles. The smallest absolute Gasteiger partial charge is 0.227 e. The summed E-state index contributed by atoms with van der Waals surface area (Å²) in [7, 11) is 0. The molecule has 30 heavy (non-hydrogen) atoms. The number of halogens is 2. The van der Waals surface area contributed by atoms with Gasteiger partial charge in [-0.05, 0) is 61.9 Å². The Hall–Kier alpha value is -2.83. The molecule has 4 rings (SSSR count). The Kier molecular flexibility index (Phi) is 5.79. The molecule has 0 fully saturated rings. The zero-order valence-corrected chi connectivity index (χ0v) is 18.7. The van der Waals surface area contributed by atoms with Gasteiger partial charge in [-0.1, -0.05) is 33.6 Å². The first-order chi connectivity index (χ1) is 14.4. The van der Waals surface area contributed by atoms with Gasteiger partial charge < -0.3 is 14.3 Å². The van der Waals surface area contributed by atoms with E-state index in [1.165, 1.54) is 0 Å². The van der Waals surface area contributed by atoms with Gasteiger partial charge in [0.05, 0.1) is 12.3 Å². The molecule has 5 nitrogen and oxygen atoms in total. The van der Waals surface area contributed by atoms with E-state index in [1.807, 2.05) is 32.0 Å². The fourth-order valence-corrected chi connectivity index (χ4v) is 3.62. The zero-order chi connectivity index (χ0) is 21.3. The Bertz CT molecular complexity index is 1270. The number of ether oxygens (including phenoxy) is 1. The van der Waals surface area contributed by atoms with Crippen LogP contribution in [0.5, 0.6) is 11.5 Å². The second kappa shape index (κ2) is 8.50. The van der Waals surface area contributed by atoms with Gasteiger partial charge in [0.25, 0.3) is 0 Å². The van der Waals surface area contributed by atoms with Crippen LogP contribution < -0.4 is 4.74 Å². The predicted octanol–water partition coefficient (Wildman–Crippen LogP) is 7.07. The van der Waals surface area contributed by atoms with Gasteiger partial charge in [0.2, 0.25) is 5.89 Å². The highest BCUT2D eigenvalue weighted by atomic mass is 79.9. The molecule has 0 bridgehead atoms. The van der Waals surface area contributed by atoms with Crippen molar-refractivity contribution < 1.29 is 14.3 Å². The van der Waals surface area contributed by atoms with Crippen LogP contribution in [0.25, 0.3) is 22.6 Å². The van der Waals surface area contributed by atoms with Crippen molar-refractivity contribution in [1.82, 2.24) is 4.98 Å². The summed E-state index contributed by atoms with van der Waals surface area (Å²) in [5.41, 5.74) is 4.44. The van der Waals surface area contributed by atoms with Crippen molar-refractivity contribution in [3.05, 3.63) is 69.2 Å². The largest absolute Gasteiger partial charge is 0.504 e. The first kappa shape index (κ1) is 20.4. The maximum atomic E-state index is 10.5. The number of fused-ring (bicyclic) bond motifs is 1. The normalized spacial score (nSPS) is 11.5. The van der Waals surface area contributed by atoms with Gasteiger partial charge in [0, 0.05) is 26.8 Å². The van der Waals surface area contributed by atoms with Crippen molar-refractivity contribution in [2.75, 3.05) is 6.61 Å². The summed E-state index contributed by atoms with van der Waals surface area (Å²) >= 11 is 9.48. The highest BCUT2D eigenvalue weighted by molar-refractivity contribution is 9.10. The van der Waals surface area contributed by atoms with Crippen LogP contribution in [-0.2, 0) is 0 Å². The molecule has 3 aromatic carbocycles. The summed E-state index contributed by atoms with van der Waals surface area (Å²) in [4.78, 5) is 9.11. The molecule has 4 aromatic rings. The summed E-state index contributed by atoms with van der Waals surface area (Å²) in [6, 6.07) is 14.6. The SMILES string of the molecule is CCOc1cc(Br)cc(C=Nc2cc(-c3nc4cc(Cl)ccc4o3)ccc2C)c1O. The lowest BCUT2D eigenvalue weighted by molar-refractivity contribution is 0.317. The number of aromatic nitrogens is 1. The van der Waals surface area contributed by atoms with Crippen molar-refractivity contribution in [1.29, 1.82) is 0 Å². The minimum absolute atomic E-state index is 0.0495. The van der Waals surface area contributed by atoms with E-state index in [2.05, 4.69) is 25.9 Å². The highest BCUT2D eigenvalue weighted by Gasteiger charge is 2.12. The molecule has 1 heterocycles. The van der Waals surface area contributed by atoms with Gasteiger partial charge in [-0.25, -0.2) is 4.98 Å². The molecule has 0 atom stereocenters. The minimum atomic E-state index is 0.0495. The average Bonchev–Trinajstić information content (AvgIpc) is 3.13. The average molecular weight is 486 g/mol. The van der Waals surface area contributed by atoms with Crippen LogP contribution in [0.15, 0.2) is 62.4 Å². The second-order valence-corrected chi connectivity index (χ2v) is 8.02. The number of phenolic OH excluding ortho intramolecular Hbond substituents is 1. The summed E-state index contributed by atoms with van der Waals surface area (Å²) < 4.78 is 12.1. The van der Waals surface area contributed by atoms with Gasteiger partial charge in [-0.2, -0.15) is 0 Å². The van der Waals surface area contributed by atoms with Crippen LogP contribution in [0.4, 0.5) is 5.69 Å². The number of benzene rings is 3. The van der Waals surface area contributed by atoms with Crippen LogP contribution in [0.2, 0.25) is 5.02 Å². The molecule has 0 radical (unpaired) electrons. The topological polar surface area (TPSA) is 67.9 Å². The number of hydrogen-bond acceptors (Lipinski definition) is 5. The maximum absolute atomic E-state index is 10.5. The van der Waals surface area contributed by atoms with Crippen molar-refractivity contribution >= 4 is 50.5 Å².